The highest BCUT2D eigenvalue weighted by atomic mass is 32.2. The molecule has 0 aliphatic carbocycles. The second-order valence-electron chi connectivity index (χ2n) is 9.72. The van der Waals surface area contributed by atoms with Gasteiger partial charge in [-0.15, -0.1) is 10.2 Å². The molecule has 3 saturated heterocycles. The molecule has 9 heteroatoms. The van der Waals surface area contributed by atoms with Gasteiger partial charge in [0, 0.05) is 32.7 Å². The van der Waals surface area contributed by atoms with Crippen LogP contribution in [0.2, 0.25) is 0 Å². The number of hydrogen-bond donors (Lipinski definition) is 0. The van der Waals surface area contributed by atoms with Gasteiger partial charge in [0.25, 0.3) is 5.91 Å². The van der Waals surface area contributed by atoms with E-state index in [9.17, 15) is 13.2 Å². The Kier molecular flexibility index (Phi) is 5.61. The van der Waals surface area contributed by atoms with Crippen molar-refractivity contribution < 1.29 is 13.2 Å². The van der Waals surface area contributed by atoms with Crippen LogP contribution in [0.15, 0.2) is 0 Å². The first-order valence-corrected chi connectivity index (χ1v) is 12.7. The summed E-state index contributed by atoms with van der Waals surface area (Å²) in [7, 11) is -2.91. The molecule has 4 rings (SSSR count). The Labute approximate surface area is 173 Å². The minimum atomic E-state index is -2.91. The second kappa shape index (κ2) is 7.89. The van der Waals surface area contributed by atoms with Gasteiger partial charge in [0.2, 0.25) is 11.8 Å². The van der Waals surface area contributed by atoms with Crippen molar-refractivity contribution in [2.45, 2.75) is 58.9 Å². The van der Waals surface area contributed by atoms with Crippen molar-refractivity contribution in [3.8, 4) is 0 Å². The third-order valence-electron chi connectivity index (χ3n) is 6.61. The lowest BCUT2D eigenvalue weighted by Gasteiger charge is -2.38. The largest absolute Gasteiger partial charge is 0.340 e. The third-order valence-corrected chi connectivity index (χ3v) is 8.33. The van der Waals surface area contributed by atoms with E-state index >= 15 is 0 Å². The van der Waals surface area contributed by atoms with Crippen LogP contribution < -0.4 is 4.90 Å². The number of hydrogen-bond acceptors (Lipinski definition) is 6. The molecule has 0 aromatic carbocycles. The predicted octanol–water partition coefficient (Wildman–Crippen LogP) is 1.97. The van der Waals surface area contributed by atoms with E-state index < -0.39 is 9.84 Å². The zero-order valence-corrected chi connectivity index (χ0v) is 18.5. The molecule has 4 heterocycles. The molecule has 29 heavy (non-hydrogen) atoms. The van der Waals surface area contributed by atoms with E-state index in [0.29, 0.717) is 25.2 Å². The lowest BCUT2D eigenvalue weighted by atomic mass is 9.84. The molecule has 0 spiro atoms. The molecule has 0 radical (unpaired) electrons. The number of amides is 1. The number of likely N-dealkylation sites (tertiary alicyclic amines) is 1. The summed E-state index contributed by atoms with van der Waals surface area (Å²) in [5.74, 6) is 1.85. The number of piperidine rings is 1. The molecule has 0 saturated carbocycles. The second-order valence-corrected chi connectivity index (χ2v) is 12.0. The molecule has 1 aromatic heterocycles. The number of sulfone groups is 1. The molecule has 8 nitrogen and oxygen atoms in total. The van der Waals surface area contributed by atoms with E-state index in [-0.39, 0.29) is 28.7 Å². The lowest BCUT2D eigenvalue weighted by Crippen LogP contribution is -2.42. The van der Waals surface area contributed by atoms with Gasteiger partial charge < -0.3 is 9.80 Å². The highest BCUT2D eigenvalue weighted by Gasteiger charge is 2.34. The summed E-state index contributed by atoms with van der Waals surface area (Å²) < 4.78 is 25.7. The molecular formula is C20H33N5O3S. The van der Waals surface area contributed by atoms with E-state index in [4.69, 9.17) is 0 Å². The molecule has 162 valence electrons. The van der Waals surface area contributed by atoms with Crippen LogP contribution >= 0.6 is 0 Å². The quantitative estimate of drug-likeness (QED) is 0.736. The first-order valence-electron chi connectivity index (χ1n) is 10.9. The minimum absolute atomic E-state index is 0.0408. The summed E-state index contributed by atoms with van der Waals surface area (Å²) in [6.07, 6.45) is 5.63. The molecular weight excluding hydrogens is 390 g/mol. The molecule has 1 aromatic rings. The van der Waals surface area contributed by atoms with E-state index in [1.54, 1.807) is 0 Å². The zero-order valence-electron chi connectivity index (χ0n) is 17.6. The first-order chi connectivity index (χ1) is 13.7. The smallest absolute Gasteiger partial charge is 0.291 e. The zero-order chi connectivity index (χ0) is 20.6. The Bertz CT molecular complexity index is 843. The summed E-state index contributed by atoms with van der Waals surface area (Å²) in [5, 5.41) is 8.80. The Hall–Kier alpha value is -1.64. The van der Waals surface area contributed by atoms with Crippen molar-refractivity contribution in [1.29, 1.82) is 0 Å². The molecule has 3 fully saturated rings. The maximum atomic E-state index is 13.1. The minimum Gasteiger partial charge on any atom is -0.340 e. The predicted molar refractivity (Wildman–Crippen MR) is 112 cm³/mol. The monoisotopic (exact) mass is 423 g/mol. The number of anilines is 1. The average Bonchev–Trinajstić information content (AvgIpc) is 3.32. The SMILES string of the molecule is CC1(C)CCCN(c2nnc(C(=O)N3CCCC3)n2CC2CCS(=O)(=O)CC2)C1. The third kappa shape index (κ3) is 4.59. The van der Waals surface area contributed by atoms with Crippen molar-refractivity contribution in [3.63, 3.8) is 0 Å². The van der Waals surface area contributed by atoms with E-state index in [0.717, 1.165) is 51.4 Å². The Morgan fingerprint density at radius 2 is 1.76 bits per heavy atom. The van der Waals surface area contributed by atoms with Crippen LogP contribution in [-0.4, -0.2) is 71.7 Å². The number of carbonyl (C=O) groups is 1. The molecule has 0 bridgehead atoms. The van der Waals surface area contributed by atoms with Crippen LogP contribution in [0.5, 0.6) is 0 Å². The highest BCUT2D eigenvalue weighted by molar-refractivity contribution is 7.91. The Morgan fingerprint density at radius 1 is 1.07 bits per heavy atom. The fraction of sp³-hybridized carbons (Fsp3) is 0.850. The summed E-state index contributed by atoms with van der Waals surface area (Å²) in [4.78, 5) is 17.3. The topological polar surface area (TPSA) is 88.4 Å². The van der Waals surface area contributed by atoms with Crippen molar-refractivity contribution in [2.75, 3.05) is 42.6 Å². The van der Waals surface area contributed by atoms with Gasteiger partial charge in [-0.25, -0.2) is 8.42 Å². The molecule has 0 atom stereocenters. The Balaban J connectivity index is 1.61. The van der Waals surface area contributed by atoms with Gasteiger partial charge in [0.1, 0.15) is 9.84 Å². The number of rotatable bonds is 4. The molecule has 3 aliphatic heterocycles. The number of carbonyl (C=O) groups excluding carboxylic acids is 1. The van der Waals surface area contributed by atoms with Crippen molar-refractivity contribution in [1.82, 2.24) is 19.7 Å². The fourth-order valence-corrected chi connectivity index (χ4v) is 6.48. The Morgan fingerprint density at radius 3 is 2.41 bits per heavy atom. The van der Waals surface area contributed by atoms with Gasteiger partial charge in [0.15, 0.2) is 0 Å². The van der Waals surface area contributed by atoms with Crippen LogP contribution in [0, 0.1) is 11.3 Å². The highest BCUT2D eigenvalue weighted by Crippen LogP contribution is 2.32. The first kappa shape index (κ1) is 20.6. The number of nitrogens with zero attached hydrogens (tertiary/aromatic N) is 5. The summed E-state index contributed by atoms with van der Waals surface area (Å²) in [6.45, 7) is 8.51. The van der Waals surface area contributed by atoms with Crippen LogP contribution in [0.25, 0.3) is 0 Å². The summed E-state index contributed by atoms with van der Waals surface area (Å²) in [6, 6.07) is 0. The van der Waals surface area contributed by atoms with E-state index in [1.165, 1.54) is 6.42 Å². The molecule has 3 aliphatic rings. The van der Waals surface area contributed by atoms with Gasteiger partial charge in [-0.2, -0.15) is 0 Å². The van der Waals surface area contributed by atoms with Crippen LogP contribution in [-0.2, 0) is 16.4 Å². The molecule has 1 amide bonds. The van der Waals surface area contributed by atoms with Gasteiger partial charge >= 0.3 is 0 Å². The summed E-state index contributed by atoms with van der Waals surface area (Å²) >= 11 is 0. The number of aromatic nitrogens is 3. The van der Waals surface area contributed by atoms with Crippen LogP contribution in [0.1, 0.15) is 63.0 Å². The van der Waals surface area contributed by atoms with E-state index in [2.05, 4.69) is 28.9 Å². The van der Waals surface area contributed by atoms with Gasteiger partial charge in [-0.3, -0.25) is 9.36 Å². The molecule has 0 N–H and O–H groups in total. The average molecular weight is 424 g/mol. The van der Waals surface area contributed by atoms with Gasteiger partial charge in [-0.05, 0) is 49.9 Å². The standard InChI is InChI=1S/C20H33N5O3S/c1-20(2)8-5-11-24(15-20)19-22-21-17(18(26)23-9-3-4-10-23)25(19)14-16-6-12-29(27,28)13-7-16/h16H,3-15H2,1-2H3. The lowest BCUT2D eigenvalue weighted by molar-refractivity contribution is 0.0774. The maximum Gasteiger partial charge on any atom is 0.291 e. The van der Waals surface area contributed by atoms with Crippen LogP contribution in [0.3, 0.4) is 0 Å². The van der Waals surface area contributed by atoms with Gasteiger partial charge in [0.05, 0.1) is 11.5 Å². The van der Waals surface area contributed by atoms with Crippen LogP contribution in [0.4, 0.5) is 5.95 Å². The van der Waals surface area contributed by atoms with Gasteiger partial charge in [-0.1, -0.05) is 13.8 Å². The fourth-order valence-electron chi connectivity index (χ4n) is 4.89. The normalized spacial score (nSPS) is 24.8. The maximum absolute atomic E-state index is 13.1. The van der Waals surface area contributed by atoms with Crippen molar-refractivity contribution >= 4 is 21.7 Å². The van der Waals surface area contributed by atoms with Crippen molar-refractivity contribution in [3.05, 3.63) is 5.82 Å². The summed E-state index contributed by atoms with van der Waals surface area (Å²) in [5.41, 5.74) is 0.201. The molecule has 0 unspecified atom stereocenters. The van der Waals surface area contributed by atoms with E-state index in [1.807, 2.05) is 9.47 Å². The van der Waals surface area contributed by atoms with Crippen molar-refractivity contribution in [2.24, 2.45) is 11.3 Å².